The number of hydrogen-bond donors (Lipinski definition) is 0. The van der Waals surface area contributed by atoms with Gasteiger partial charge in [0.15, 0.2) is 0 Å². The summed E-state index contributed by atoms with van der Waals surface area (Å²) in [4.78, 5) is 5.09. The molecule has 3 heteroatoms. The van der Waals surface area contributed by atoms with Gasteiger partial charge in [0, 0.05) is 38.5 Å². The first kappa shape index (κ1) is 23.1. The fourth-order valence-electron chi connectivity index (χ4n) is 6.58. The lowest BCUT2D eigenvalue weighted by Gasteiger charge is -2.18. The molecule has 7 aromatic rings. The minimum Gasteiger partial charge on any atom is -0.309 e. The second-order valence-corrected chi connectivity index (χ2v) is 10.9. The standard InChI is InChI=1S/C39H25N3/c1-3-11-26(12-4-1)27-19-21-38-33(24-27)32-16-8-10-18-37(32)41(38)30-20-22-36-28(23-30)25-34-31-15-7-9-17-35(31)40-39(34)42(36)29-13-5-2-6-14-29/h1-25H. The first-order valence-corrected chi connectivity index (χ1v) is 14.3. The Morgan fingerprint density at radius 3 is 1.95 bits per heavy atom. The van der Waals surface area contributed by atoms with E-state index >= 15 is 0 Å². The van der Waals surface area contributed by atoms with E-state index in [2.05, 4.69) is 161 Å². The van der Waals surface area contributed by atoms with Crippen LogP contribution in [0.1, 0.15) is 0 Å². The van der Waals surface area contributed by atoms with Crippen LogP contribution >= 0.6 is 0 Å². The number of nitrogens with zero attached hydrogens (tertiary/aromatic N) is 3. The lowest BCUT2D eigenvalue weighted by atomic mass is 10.0. The third-order valence-corrected chi connectivity index (χ3v) is 8.48. The van der Waals surface area contributed by atoms with Gasteiger partial charge in [-0.15, -0.1) is 0 Å². The highest BCUT2D eigenvalue weighted by molar-refractivity contribution is 6.11. The molecule has 42 heavy (non-hydrogen) atoms. The number of pyridine rings is 1. The van der Waals surface area contributed by atoms with Crippen molar-refractivity contribution in [1.82, 2.24) is 14.1 Å². The summed E-state index contributed by atoms with van der Waals surface area (Å²) in [5.74, 6) is 0.980. The molecule has 1 aromatic heterocycles. The molecule has 0 aliphatic carbocycles. The molecule has 2 aliphatic rings. The molecule has 3 nitrogen and oxygen atoms in total. The molecular formula is C39H25N3. The maximum Gasteiger partial charge on any atom is 0.146 e. The van der Waals surface area contributed by atoms with Crippen LogP contribution in [0.25, 0.3) is 77.5 Å². The Hall–Kier alpha value is -5.67. The zero-order valence-corrected chi connectivity index (χ0v) is 22.8. The molecule has 0 spiro atoms. The molecule has 0 amide bonds. The van der Waals surface area contributed by atoms with E-state index in [9.17, 15) is 0 Å². The molecule has 2 aliphatic heterocycles. The third-order valence-electron chi connectivity index (χ3n) is 8.48. The van der Waals surface area contributed by atoms with E-state index in [-0.39, 0.29) is 0 Å². The Kier molecular flexibility index (Phi) is 4.90. The van der Waals surface area contributed by atoms with Gasteiger partial charge in [-0.1, -0.05) is 91.0 Å². The molecule has 6 aromatic carbocycles. The smallest absolute Gasteiger partial charge is 0.146 e. The van der Waals surface area contributed by atoms with E-state index < -0.39 is 0 Å². The third kappa shape index (κ3) is 3.37. The maximum absolute atomic E-state index is 5.09. The molecule has 0 radical (unpaired) electrons. The van der Waals surface area contributed by atoms with Crippen molar-refractivity contribution in [3.63, 3.8) is 0 Å². The average Bonchev–Trinajstić information content (AvgIpc) is 3.59. The predicted molar refractivity (Wildman–Crippen MR) is 175 cm³/mol. The van der Waals surface area contributed by atoms with Crippen LogP contribution < -0.4 is 0 Å². The Balaban J connectivity index is 1.34. The van der Waals surface area contributed by atoms with Gasteiger partial charge < -0.3 is 4.57 Å². The summed E-state index contributed by atoms with van der Waals surface area (Å²) in [5, 5.41) is 4.86. The summed E-state index contributed by atoms with van der Waals surface area (Å²) >= 11 is 0. The van der Waals surface area contributed by atoms with Crippen LogP contribution in [0, 0.1) is 0 Å². The van der Waals surface area contributed by atoms with Gasteiger partial charge in [0.05, 0.1) is 22.1 Å². The minimum atomic E-state index is 0.980. The largest absolute Gasteiger partial charge is 0.309 e. The van der Waals surface area contributed by atoms with E-state index in [0.29, 0.717) is 0 Å². The van der Waals surface area contributed by atoms with E-state index in [1.807, 2.05) is 0 Å². The topological polar surface area (TPSA) is 22.8 Å². The second kappa shape index (κ2) is 8.92. The molecule has 0 saturated carbocycles. The summed E-state index contributed by atoms with van der Waals surface area (Å²) in [7, 11) is 0. The van der Waals surface area contributed by atoms with Crippen molar-refractivity contribution in [1.29, 1.82) is 0 Å². The van der Waals surface area contributed by atoms with Crippen LogP contribution in [-0.4, -0.2) is 14.1 Å². The highest BCUT2D eigenvalue weighted by atomic mass is 15.1. The maximum atomic E-state index is 5.09. The second-order valence-electron chi connectivity index (χ2n) is 10.9. The van der Waals surface area contributed by atoms with Gasteiger partial charge in [-0.3, -0.25) is 4.57 Å². The van der Waals surface area contributed by atoms with Gasteiger partial charge in [-0.25, -0.2) is 4.98 Å². The van der Waals surface area contributed by atoms with Gasteiger partial charge in [0.1, 0.15) is 5.82 Å². The van der Waals surface area contributed by atoms with Crippen molar-refractivity contribution in [2.45, 2.75) is 0 Å². The van der Waals surface area contributed by atoms with Crippen molar-refractivity contribution in [3.05, 3.63) is 152 Å². The van der Waals surface area contributed by atoms with Gasteiger partial charge in [-0.2, -0.15) is 0 Å². The highest BCUT2D eigenvalue weighted by Crippen LogP contribution is 2.39. The summed E-state index contributed by atoms with van der Waals surface area (Å²) in [6.45, 7) is 0. The van der Waals surface area contributed by atoms with Gasteiger partial charge >= 0.3 is 0 Å². The quantitative estimate of drug-likeness (QED) is 0.221. The molecule has 196 valence electrons. The first-order valence-electron chi connectivity index (χ1n) is 14.3. The minimum absolute atomic E-state index is 0.980. The van der Waals surface area contributed by atoms with E-state index in [4.69, 9.17) is 4.98 Å². The fourth-order valence-corrected chi connectivity index (χ4v) is 6.58. The summed E-state index contributed by atoms with van der Waals surface area (Å²) in [6, 6.07) is 54.3. The molecule has 0 unspecified atom stereocenters. The number of para-hydroxylation sites is 3. The highest BCUT2D eigenvalue weighted by Gasteiger charge is 2.20. The van der Waals surface area contributed by atoms with Crippen LogP contribution in [0.5, 0.6) is 0 Å². The van der Waals surface area contributed by atoms with Crippen LogP contribution in [0.4, 0.5) is 0 Å². The Morgan fingerprint density at radius 2 is 1.10 bits per heavy atom. The lowest BCUT2D eigenvalue weighted by molar-refractivity contribution is 1.07. The molecule has 3 heterocycles. The number of aromatic nitrogens is 3. The summed E-state index contributed by atoms with van der Waals surface area (Å²) in [6.07, 6.45) is 0. The van der Waals surface area contributed by atoms with Gasteiger partial charge in [-0.05, 0) is 71.8 Å². The molecule has 0 bridgehead atoms. The summed E-state index contributed by atoms with van der Waals surface area (Å²) in [5.41, 5.74) is 10.4. The van der Waals surface area contributed by atoms with Gasteiger partial charge in [0.2, 0.25) is 0 Å². The number of rotatable bonds is 3. The van der Waals surface area contributed by atoms with Gasteiger partial charge in [0.25, 0.3) is 0 Å². The molecular weight excluding hydrogens is 510 g/mol. The zero-order chi connectivity index (χ0) is 27.6. The molecule has 0 fully saturated rings. The molecule has 9 rings (SSSR count). The predicted octanol–water partition coefficient (Wildman–Crippen LogP) is 10.0. The van der Waals surface area contributed by atoms with E-state index in [1.165, 1.54) is 43.7 Å². The molecule has 0 saturated heterocycles. The van der Waals surface area contributed by atoms with Crippen LogP contribution in [-0.2, 0) is 0 Å². The van der Waals surface area contributed by atoms with Crippen molar-refractivity contribution in [3.8, 4) is 33.9 Å². The van der Waals surface area contributed by atoms with Crippen LogP contribution in [0.2, 0.25) is 0 Å². The average molecular weight is 536 g/mol. The number of fused-ring (bicyclic) bond motifs is 7. The van der Waals surface area contributed by atoms with Crippen LogP contribution in [0.15, 0.2) is 152 Å². The van der Waals surface area contributed by atoms with E-state index in [0.717, 1.165) is 33.8 Å². The molecule has 0 atom stereocenters. The van der Waals surface area contributed by atoms with Crippen molar-refractivity contribution in [2.24, 2.45) is 0 Å². The van der Waals surface area contributed by atoms with Crippen LogP contribution in [0.3, 0.4) is 0 Å². The Morgan fingerprint density at radius 1 is 0.405 bits per heavy atom. The van der Waals surface area contributed by atoms with Crippen molar-refractivity contribution in [2.75, 3.05) is 0 Å². The van der Waals surface area contributed by atoms with Crippen molar-refractivity contribution >= 4 is 43.6 Å². The number of hydrogen-bond acceptors (Lipinski definition) is 1. The Labute approximate surface area is 242 Å². The fraction of sp³-hybridized carbons (Fsp3) is 0. The summed E-state index contributed by atoms with van der Waals surface area (Å²) < 4.78 is 4.70. The molecule has 0 N–H and O–H groups in total. The Bertz CT molecular complexity index is 2390. The number of benzene rings is 6. The van der Waals surface area contributed by atoms with E-state index in [1.54, 1.807) is 0 Å². The van der Waals surface area contributed by atoms with Crippen molar-refractivity contribution < 1.29 is 0 Å². The first-order chi connectivity index (χ1) is 20.8. The normalized spacial score (nSPS) is 11.8. The monoisotopic (exact) mass is 535 g/mol. The SMILES string of the molecule is c1ccc(-c2ccc3c(c2)c2ccccc2n3-c2ccc3c(c2)cc2c4ccccc4nc-2n3-c2ccccc2)cc1. The lowest BCUT2D eigenvalue weighted by Crippen LogP contribution is -2.04. The zero-order valence-electron chi connectivity index (χ0n) is 22.8.